The Labute approximate surface area is 216 Å². The topological polar surface area (TPSA) is 24.9 Å². The van der Waals surface area contributed by atoms with Gasteiger partial charge >= 0.3 is 12.4 Å². The maximum Gasteiger partial charge on any atom is 0.416 e. The Balaban J connectivity index is 1.59. The summed E-state index contributed by atoms with van der Waals surface area (Å²) >= 11 is 0. The normalized spacial score (nSPS) is 21.9. The van der Waals surface area contributed by atoms with Crippen molar-refractivity contribution in [2.75, 3.05) is 39.3 Å². The maximum atomic E-state index is 13.6. The third kappa shape index (κ3) is 7.05. The molecule has 0 aromatic heterocycles. The molecule has 4 rings (SSSR count). The average molecular weight is 545 g/mol. The van der Waals surface area contributed by atoms with Gasteiger partial charge in [-0.1, -0.05) is 24.0 Å². The van der Waals surface area contributed by atoms with Gasteiger partial charge in [-0.3, -0.25) is 9.80 Å². The van der Waals surface area contributed by atoms with E-state index in [1.54, 1.807) is 12.1 Å². The molecular weight excluding hydrogens is 517 g/mol. The summed E-state index contributed by atoms with van der Waals surface area (Å²) in [5, 5.41) is 0. The molecule has 2 saturated heterocycles. The van der Waals surface area contributed by atoms with Gasteiger partial charge in [0.1, 0.15) is 5.82 Å². The first kappa shape index (κ1) is 28.4. The fourth-order valence-corrected chi connectivity index (χ4v) is 4.37. The van der Waals surface area contributed by atoms with Crippen molar-refractivity contribution in [3.8, 4) is 11.8 Å². The number of benzene rings is 2. The van der Waals surface area contributed by atoms with Crippen LogP contribution >= 0.6 is 0 Å². The molecule has 0 saturated carbocycles. The largest absolute Gasteiger partial charge is 0.416 e. The van der Waals surface area contributed by atoms with Crippen molar-refractivity contribution in [3.05, 3.63) is 70.5 Å². The Morgan fingerprint density at radius 1 is 0.921 bits per heavy atom. The highest BCUT2D eigenvalue weighted by Gasteiger charge is 2.39. The van der Waals surface area contributed by atoms with Gasteiger partial charge in [-0.15, -0.1) is 0 Å². The van der Waals surface area contributed by atoms with Gasteiger partial charge in [-0.05, 0) is 54.8 Å². The number of hydrogen-bond donors (Lipinski definition) is 0. The summed E-state index contributed by atoms with van der Waals surface area (Å²) in [6, 6.07) is 6.38. The minimum Gasteiger partial charge on any atom is -0.349 e. The molecule has 2 unspecified atom stereocenters. The summed E-state index contributed by atoms with van der Waals surface area (Å²) in [7, 11) is 0. The molecule has 11 heteroatoms. The second-order valence-corrected chi connectivity index (χ2v) is 9.31. The van der Waals surface area contributed by atoms with Crippen molar-refractivity contribution in [1.82, 2.24) is 9.80 Å². The monoisotopic (exact) mass is 544 g/mol. The van der Waals surface area contributed by atoms with Gasteiger partial charge in [0.25, 0.3) is 0 Å². The SMILES string of the molecule is C[C@@H](OC1OCCN(CC#CCN2CCC2)C1c1ccc(F)cc1)c1cc(C(F)(F)F)cc(C(F)(F)F)c1. The van der Waals surface area contributed by atoms with Crippen LogP contribution in [-0.2, 0) is 21.8 Å². The molecule has 3 atom stereocenters. The smallest absolute Gasteiger partial charge is 0.349 e. The summed E-state index contributed by atoms with van der Waals surface area (Å²) in [5.41, 5.74) is -2.51. The Hall–Kier alpha value is -2.65. The number of nitrogens with zero attached hydrogens (tertiary/aromatic N) is 2. The van der Waals surface area contributed by atoms with E-state index in [2.05, 4.69) is 16.7 Å². The van der Waals surface area contributed by atoms with Crippen LogP contribution in [0.25, 0.3) is 0 Å². The van der Waals surface area contributed by atoms with Crippen molar-refractivity contribution in [2.45, 2.75) is 44.1 Å². The lowest BCUT2D eigenvalue weighted by Crippen LogP contribution is -2.47. The van der Waals surface area contributed by atoms with Gasteiger partial charge in [-0.2, -0.15) is 26.3 Å². The number of halogens is 7. The lowest BCUT2D eigenvalue weighted by molar-refractivity contribution is -0.228. The lowest BCUT2D eigenvalue weighted by Gasteiger charge is -2.41. The highest BCUT2D eigenvalue weighted by molar-refractivity contribution is 5.35. The van der Waals surface area contributed by atoms with Crippen LogP contribution in [0.5, 0.6) is 0 Å². The van der Waals surface area contributed by atoms with E-state index in [1.807, 2.05) is 4.90 Å². The van der Waals surface area contributed by atoms with Crippen LogP contribution in [0.3, 0.4) is 0 Å². The Morgan fingerprint density at radius 3 is 2.08 bits per heavy atom. The van der Waals surface area contributed by atoms with Crippen LogP contribution in [0.2, 0.25) is 0 Å². The van der Waals surface area contributed by atoms with E-state index < -0.39 is 47.7 Å². The third-order valence-corrected chi connectivity index (χ3v) is 6.60. The quantitative estimate of drug-likeness (QED) is 0.327. The fraction of sp³-hybridized carbons (Fsp3) is 0.481. The summed E-state index contributed by atoms with van der Waals surface area (Å²) in [6.45, 7) is 5.00. The van der Waals surface area contributed by atoms with Crippen molar-refractivity contribution >= 4 is 0 Å². The maximum absolute atomic E-state index is 13.6. The van der Waals surface area contributed by atoms with Gasteiger partial charge in [0.05, 0.1) is 43.0 Å². The van der Waals surface area contributed by atoms with Crippen LogP contribution in [0.4, 0.5) is 30.7 Å². The van der Waals surface area contributed by atoms with Gasteiger partial charge in [0, 0.05) is 19.6 Å². The molecule has 206 valence electrons. The van der Waals surface area contributed by atoms with Crippen molar-refractivity contribution in [3.63, 3.8) is 0 Å². The first-order valence-electron chi connectivity index (χ1n) is 12.2. The molecule has 2 aromatic carbocycles. The zero-order chi connectivity index (χ0) is 27.5. The molecular formula is C27H27F7N2O2. The molecule has 2 aromatic rings. The molecule has 38 heavy (non-hydrogen) atoms. The summed E-state index contributed by atoms with van der Waals surface area (Å²) in [5.74, 6) is 5.78. The van der Waals surface area contributed by atoms with Crippen LogP contribution < -0.4 is 0 Å². The highest BCUT2D eigenvalue weighted by atomic mass is 19.4. The molecule has 0 bridgehead atoms. The van der Waals surface area contributed by atoms with E-state index in [4.69, 9.17) is 9.47 Å². The Kier molecular flexibility index (Phi) is 8.67. The minimum atomic E-state index is -4.97. The minimum absolute atomic E-state index is 0.0786. The predicted octanol–water partition coefficient (Wildman–Crippen LogP) is 6.05. The number of likely N-dealkylation sites (tertiary alicyclic amines) is 1. The summed E-state index contributed by atoms with van der Waals surface area (Å²) in [6.07, 6.45) is -11.0. The zero-order valence-corrected chi connectivity index (χ0v) is 20.6. The van der Waals surface area contributed by atoms with E-state index in [0.717, 1.165) is 19.5 Å². The predicted molar refractivity (Wildman–Crippen MR) is 125 cm³/mol. The van der Waals surface area contributed by atoms with E-state index in [0.29, 0.717) is 37.3 Å². The van der Waals surface area contributed by atoms with E-state index in [1.165, 1.54) is 19.1 Å². The van der Waals surface area contributed by atoms with Gasteiger partial charge in [0.15, 0.2) is 6.29 Å². The Morgan fingerprint density at radius 2 is 1.53 bits per heavy atom. The van der Waals surface area contributed by atoms with E-state index >= 15 is 0 Å². The molecule has 0 spiro atoms. The van der Waals surface area contributed by atoms with Crippen molar-refractivity contribution < 1.29 is 40.2 Å². The molecule has 0 N–H and O–H groups in total. The van der Waals surface area contributed by atoms with Crippen LogP contribution in [0.15, 0.2) is 42.5 Å². The Bertz CT molecular complexity index is 1120. The van der Waals surface area contributed by atoms with E-state index in [9.17, 15) is 30.7 Å². The van der Waals surface area contributed by atoms with Crippen LogP contribution in [-0.4, -0.2) is 55.4 Å². The zero-order valence-electron chi connectivity index (χ0n) is 20.6. The van der Waals surface area contributed by atoms with Gasteiger partial charge < -0.3 is 9.47 Å². The number of hydrogen-bond acceptors (Lipinski definition) is 4. The first-order chi connectivity index (χ1) is 17.9. The molecule has 2 aliphatic heterocycles. The standard InChI is InChI=1S/C27H27F7N2O2/c1-18(20-15-21(26(29,30)31)17-22(16-20)27(32,33)34)38-25-24(19-5-7-23(28)8-6-19)36(13-14-37-25)12-3-2-9-35-10-4-11-35/h5-8,15-18,24-25H,4,9-14H2,1H3/t18-,24?,25?/m1/s1. The highest BCUT2D eigenvalue weighted by Crippen LogP contribution is 2.39. The third-order valence-electron chi connectivity index (χ3n) is 6.60. The number of alkyl halides is 6. The first-order valence-corrected chi connectivity index (χ1v) is 12.2. The van der Waals surface area contributed by atoms with Gasteiger partial charge in [0.2, 0.25) is 0 Å². The molecule has 0 aliphatic carbocycles. The number of ether oxygens (including phenoxy) is 2. The molecule has 4 nitrogen and oxygen atoms in total. The molecule has 2 fully saturated rings. The summed E-state index contributed by atoms with van der Waals surface area (Å²) < 4.78 is 106. The molecule has 0 radical (unpaired) electrons. The van der Waals surface area contributed by atoms with Crippen molar-refractivity contribution in [1.29, 1.82) is 0 Å². The van der Waals surface area contributed by atoms with Crippen LogP contribution in [0.1, 0.15) is 47.7 Å². The average Bonchev–Trinajstić information content (AvgIpc) is 2.82. The van der Waals surface area contributed by atoms with E-state index in [-0.39, 0.29) is 18.2 Å². The van der Waals surface area contributed by atoms with Crippen LogP contribution in [0, 0.1) is 17.7 Å². The molecule has 0 amide bonds. The summed E-state index contributed by atoms with van der Waals surface area (Å²) in [4.78, 5) is 4.14. The van der Waals surface area contributed by atoms with Gasteiger partial charge in [-0.25, -0.2) is 4.39 Å². The number of rotatable bonds is 6. The second kappa shape index (κ2) is 11.6. The lowest BCUT2D eigenvalue weighted by atomic mass is 10.0. The fourth-order valence-electron chi connectivity index (χ4n) is 4.37. The second-order valence-electron chi connectivity index (χ2n) is 9.31. The van der Waals surface area contributed by atoms with Crippen molar-refractivity contribution in [2.24, 2.45) is 0 Å². The molecule has 2 aliphatic rings. The number of morpholine rings is 1. The molecule has 2 heterocycles.